The summed E-state index contributed by atoms with van der Waals surface area (Å²) in [6, 6.07) is 7.32. The van der Waals surface area contributed by atoms with E-state index < -0.39 is 0 Å². The summed E-state index contributed by atoms with van der Waals surface area (Å²) in [7, 11) is 0. The summed E-state index contributed by atoms with van der Waals surface area (Å²) in [6.07, 6.45) is 3.84. The SMILES string of the molecule is CCCNC1CCCN(c2cccc(C)c2C)C1. The molecule has 0 aromatic heterocycles. The number of piperidine rings is 1. The van der Waals surface area contributed by atoms with Gasteiger partial charge >= 0.3 is 0 Å². The van der Waals surface area contributed by atoms with Crippen molar-refractivity contribution >= 4 is 5.69 Å². The van der Waals surface area contributed by atoms with Crippen molar-refractivity contribution in [3.63, 3.8) is 0 Å². The molecule has 1 heterocycles. The fraction of sp³-hybridized carbons (Fsp3) is 0.625. The van der Waals surface area contributed by atoms with Crippen LogP contribution in [-0.4, -0.2) is 25.7 Å². The topological polar surface area (TPSA) is 15.3 Å². The van der Waals surface area contributed by atoms with Crippen molar-refractivity contribution in [1.82, 2.24) is 5.32 Å². The molecule has 0 spiro atoms. The lowest BCUT2D eigenvalue weighted by atomic mass is 10.0. The van der Waals surface area contributed by atoms with Crippen molar-refractivity contribution in [2.75, 3.05) is 24.5 Å². The average molecular weight is 246 g/mol. The van der Waals surface area contributed by atoms with Crippen molar-refractivity contribution in [3.05, 3.63) is 29.3 Å². The minimum atomic E-state index is 0.665. The zero-order valence-electron chi connectivity index (χ0n) is 12.0. The van der Waals surface area contributed by atoms with Crippen LogP contribution in [0.5, 0.6) is 0 Å². The average Bonchev–Trinajstić information content (AvgIpc) is 2.40. The molecule has 1 aliphatic rings. The van der Waals surface area contributed by atoms with Crippen molar-refractivity contribution < 1.29 is 0 Å². The van der Waals surface area contributed by atoms with Crippen molar-refractivity contribution in [2.45, 2.75) is 46.1 Å². The molecular weight excluding hydrogens is 220 g/mol. The van der Waals surface area contributed by atoms with E-state index in [1.54, 1.807) is 0 Å². The number of nitrogens with one attached hydrogen (secondary N) is 1. The van der Waals surface area contributed by atoms with Crippen molar-refractivity contribution in [3.8, 4) is 0 Å². The molecule has 0 bridgehead atoms. The Balaban J connectivity index is 2.06. The van der Waals surface area contributed by atoms with E-state index in [2.05, 4.69) is 49.2 Å². The second-order valence-electron chi connectivity index (χ2n) is 5.46. The maximum atomic E-state index is 3.66. The molecule has 1 unspecified atom stereocenters. The smallest absolute Gasteiger partial charge is 0.0399 e. The molecule has 0 amide bonds. The summed E-state index contributed by atoms with van der Waals surface area (Å²) in [6.45, 7) is 10.2. The summed E-state index contributed by atoms with van der Waals surface area (Å²) < 4.78 is 0. The predicted octanol–water partition coefficient (Wildman–Crippen LogP) is 3.27. The Kier molecular flexibility index (Phi) is 4.65. The highest BCUT2D eigenvalue weighted by Crippen LogP contribution is 2.25. The Morgan fingerprint density at radius 3 is 2.94 bits per heavy atom. The normalized spacial score (nSPS) is 20.2. The van der Waals surface area contributed by atoms with Crippen LogP contribution in [0.3, 0.4) is 0 Å². The van der Waals surface area contributed by atoms with Gasteiger partial charge in [-0.3, -0.25) is 0 Å². The summed E-state index contributed by atoms with van der Waals surface area (Å²) >= 11 is 0. The second kappa shape index (κ2) is 6.24. The standard InChI is InChI=1S/C16H26N2/c1-4-10-17-15-8-6-11-18(12-15)16-9-5-7-13(2)14(16)3/h5,7,9,15,17H,4,6,8,10-12H2,1-3H3. The Hall–Kier alpha value is -1.02. The lowest BCUT2D eigenvalue weighted by Gasteiger charge is -2.36. The lowest BCUT2D eigenvalue weighted by molar-refractivity contribution is 0.423. The van der Waals surface area contributed by atoms with Gasteiger partial charge in [-0.15, -0.1) is 0 Å². The first-order valence-electron chi connectivity index (χ1n) is 7.27. The minimum absolute atomic E-state index is 0.665. The van der Waals surface area contributed by atoms with Gasteiger partial charge in [0.25, 0.3) is 0 Å². The molecular formula is C16H26N2. The molecule has 2 heteroatoms. The largest absolute Gasteiger partial charge is 0.370 e. The Morgan fingerprint density at radius 2 is 2.17 bits per heavy atom. The number of hydrogen-bond acceptors (Lipinski definition) is 2. The van der Waals surface area contributed by atoms with Crippen LogP contribution in [0.25, 0.3) is 0 Å². The van der Waals surface area contributed by atoms with Gasteiger partial charge in [-0.25, -0.2) is 0 Å². The first-order valence-corrected chi connectivity index (χ1v) is 7.27. The van der Waals surface area contributed by atoms with Crippen LogP contribution < -0.4 is 10.2 Å². The van der Waals surface area contributed by atoms with E-state index in [0.717, 1.165) is 13.1 Å². The van der Waals surface area contributed by atoms with Gasteiger partial charge in [0.2, 0.25) is 0 Å². The van der Waals surface area contributed by atoms with Crippen LogP contribution in [0.2, 0.25) is 0 Å². The van der Waals surface area contributed by atoms with Gasteiger partial charge in [0, 0.05) is 24.8 Å². The maximum absolute atomic E-state index is 3.66. The minimum Gasteiger partial charge on any atom is -0.370 e. The lowest BCUT2D eigenvalue weighted by Crippen LogP contribution is -2.46. The second-order valence-corrected chi connectivity index (χ2v) is 5.46. The highest BCUT2D eigenvalue weighted by Gasteiger charge is 2.20. The van der Waals surface area contributed by atoms with E-state index in [1.807, 2.05) is 0 Å². The fourth-order valence-electron chi connectivity index (χ4n) is 2.79. The number of aryl methyl sites for hydroxylation is 1. The third-order valence-corrected chi connectivity index (χ3v) is 4.02. The molecule has 100 valence electrons. The maximum Gasteiger partial charge on any atom is 0.0399 e. The van der Waals surface area contributed by atoms with Gasteiger partial charge in [0.1, 0.15) is 0 Å². The van der Waals surface area contributed by atoms with Crippen molar-refractivity contribution in [2.24, 2.45) is 0 Å². The molecule has 1 saturated heterocycles. The highest BCUT2D eigenvalue weighted by atomic mass is 15.2. The quantitative estimate of drug-likeness (QED) is 0.877. The van der Waals surface area contributed by atoms with E-state index in [1.165, 1.54) is 42.6 Å². The molecule has 0 saturated carbocycles. The first kappa shape index (κ1) is 13.4. The van der Waals surface area contributed by atoms with Gasteiger partial charge in [-0.05, 0) is 56.8 Å². The molecule has 2 nitrogen and oxygen atoms in total. The summed E-state index contributed by atoms with van der Waals surface area (Å²) in [5.74, 6) is 0. The monoisotopic (exact) mass is 246 g/mol. The molecule has 1 atom stereocenters. The van der Waals surface area contributed by atoms with E-state index >= 15 is 0 Å². The van der Waals surface area contributed by atoms with Crippen molar-refractivity contribution in [1.29, 1.82) is 0 Å². The number of nitrogens with zero attached hydrogens (tertiary/aromatic N) is 1. The van der Waals surface area contributed by atoms with Gasteiger partial charge in [-0.2, -0.15) is 0 Å². The molecule has 2 rings (SSSR count). The molecule has 0 radical (unpaired) electrons. The number of hydrogen-bond donors (Lipinski definition) is 1. The summed E-state index contributed by atoms with van der Waals surface area (Å²) in [5, 5.41) is 3.66. The third kappa shape index (κ3) is 3.05. The molecule has 1 aliphatic heterocycles. The van der Waals surface area contributed by atoms with Crippen LogP contribution in [0.1, 0.15) is 37.3 Å². The zero-order chi connectivity index (χ0) is 13.0. The molecule has 18 heavy (non-hydrogen) atoms. The van der Waals surface area contributed by atoms with Crippen LogP contribution in [0.15, 0.2) is 18.2 Å². The fourth-order valence-corrected chi connectivity index (χ4v) is 2.79. The molecule has 1 fully saturated rings. The van der Waals surface area contributed by atoms with Crippen LogP contribution in [0.4, 0.5) is 5.69 Å². The predicted molar refractivity (Wildman–Crippen MR) is 79.4 cm³/mol. The molecule has 0 aliphatic carbocycles. The van der Waals surface area contributed by atoms with Crippen LogP contribution >= 0.6 is 0 Å². The third-order valence-electron chi connectivity index (χ3n) is 4.02. The van der Waals surface area contributed by atoms with E-state index in [0.29, 0.717) is 6.04 Å². The summed E-state index contributed by atoms with van der Waals surface area (Å²) in [4.78, 5) is 2.55. The summed E-state index contributed by atoms with van der Waals surface area (Å²) in [5.41, 5.74) is 4.27. The van der Waals surface area contributed by atoms with E-state index in [4.69, 9.17) is 0 Å². The molecule has 1 N–H and O–H groups in total. The molecule has 1 aromatic rings. The number of benzene rings is 1. The van der Waals surface area contributed by atoms with Gasteiger partial charge in [0.05, 0.1) is 0 Å². The van der Waals surface area contributed by atoms with Gasteiger partial charge < -0.3 is 10.2 Å². The van der Waals surface area contributed by atoms with Crippen LogP contribution in [-0.2, 0) is 0 Å². The Labute approximate surface area is 111 Å². The number of anilines is 1. The molecule has 1 aromatic carbocycles. The number of rotatable bonds is 4. The first-order chi connectivity index (χ1) is 8.72. The van der Waals surface area contributed by atoms with Crippen LogP contribution in [0, 0.1) is 13.8 Å². The van der Waals surface area contributed by atoms with E-state index in [9.17, 15) is 0 Å². The van der Waals surface area contributed by atoms with E-state index in [-0.39, 0.29) is 0 Å². The van der Waals surface area contributed by atoms with Gasteiger partial charge in [0.15, 0.2) is 0 Å². The van der Waals surface area contributed by atoms with Gasteiger partial charge in [-0.1, -0.05) is 19.1 Å². The highest BCUT2D eigenvalue weighted by molar-refractivity contribution is 5.56. The Morgan fingerprint density at radius 1 is 1.33 bits per heavy atom. The zero-order valence-corrected chi connectivity index (χ0v) is 12.0. The Bertz CT molecular complexity index is 387.